The van der Waals surface area contributed by atoms with Gasteiger partial charge in [-0.2, -0.15) is 11.8 Å². The summed E-state index contributed by atoms with van der Waals surface area (Å²) >= 11 is 1.66. The lowest BCUT2D eigenvalue weighted by Gasteiger charge is -2.46. The first-order valence-corrected chi connectivity index (χ1v) is 9.89. The highest BCUT2D eigenvalue weighted by Crippen LogP contribution is 2.33. The van der Waals surface area contributed by atoms with Gasteiger partial charge in [0.1, 0.15) is 18.3 Å². The van der Waals surface area contributed by atoms with Crippen LogP contribution in [-0.2, 0) is 19.1 Å². The number of hydrogen-bond acceptors (Lipinski definition) is 9. The van der Waals surface area contributed by atoms with E-state index in [2.05, 4.69) is 5.32 Å². The number of carbonyl (C=O) groups excluding carboxylic acids is 1. The minimum absolute atomic E-state index is 0.0438. The van der Waals surface area contributed by atoms with E-state index in [1.165, 1.54) is 6.92 Å². The van der Waals surface area contributed by atoms with Gasteiger partial charge in [-0.05, 0) is 17.9 Å². The van der Waals surface area contributed by atoms with Gasteiger partial charge in [0.25, 0.3) is 5.79 Å². The maximum Gasteiger partial charge on any atom is 0.364 e. The number of aliphatic carboxylic acids is 1. The molecule has 1 rings (SSSR count). The quantitative estimate of drug-likeness (QED) is 0.216. The summed E-state index contributed by atoms with van der Waals surface area (Å²) in [6.45, 7) is 2.40. The number of rotatable bonds is 11. The Hall–Kier alpha value is -0.950. The molecule has 0 aliphatic carbocycles. The summed E-state index contributed by atoms with van der Waals surface area (Å²) < 4.78 is 10.9. The van der Waals surface area contributed by atoms with Gasteiger partial charge in [-0.15, -0.1) is 0 Å². The van der Waals surface area contributed by atoms with E-state index < -0.39 is 61.1 Å². The minimum atomic E-state index is -2.24. The van der Waals surface area contributed by atoms with E-state index >= 15 is 0 Å². The van der Waals surface area contributed by atoms with E-state index in [1.807, 2.05) is 6.92 Å². The lowest BCUT2D eigenvalue weighted by atomic mass is 9.88. The van der Waals surface area contributed by atoms with E-state index in [4.69, 9.17) is 14.6 Å². The van der Waals surface area contributed by atoms with Crippen molar-refractivity contribution in [3.05, 3.63) is 0 Å². The molecule has 158 valence electrons. The van der Waals surface area contributed by atoms with E-state index in [0.717, 1.165) is 11.5 Å². The normalized spacial score (nSPS) is 30.5. The topological polar surface area (TPSA) is 166 Å². The van der Waals surface area contributed by atoms with Gasteiger partial charge in [0.2, 0.25) is 5.91 Å². The average molecular weight is 411 g/mol. The summed E-state index contributed by atoms with van der Waals surface area (Å²) in [6.07, 6.45) is -6.29. The Kier molecular flexibility index (Phi) is 9.95. The molecule has 0 saturated carbocycles. The summed E-state index contributed by atoms with van der Waals surface area (Å²) in [6, 6.07) is -1.19. The van der Waals surface area contributed by atoms with Crippen LogP contribution in [0, 0.1) is 0 Å². The molecule has 0 aromatic rings. The number of ether oxygens (including phenoxy) is 2. The van der Waals surface area contributed by atoms with Crippen molar-refractivity contribution in [2.45, 2.75) is 62.9 Å². The van der Waals surface area contributed by atoms with Crippen LogP contribution < -0.4 is 5.32 Å². The third kappa shape index (κ3) is 6.56. The molecule has 0 spiro atoms. The van der Waals surface area contributed by atoms with E-state index in [9.17, 15) is 30.0 Å². The zero-order chi connectivity index (χ0) is 20.6. The highest BCUT2D eigenvalue weighted by molar-refractivity contribution is 7.99. The van der Waals surface area contributed by atoms with Crippen LogP contribution in [0.3, 0.4) is 0 Å². The van der Waals surface area contributed by atoms with Crippen LogP contribution in [0.15, 0.2) is 0 Å². The fourth-order valence-corrected chi connectivity index (χ4v) is 3.43. The third-order valence-electron chi connectivity index (χ3n) is 4.16. The number of hydrogen-bond donors (Lipinski definition) is 6. The largest absolute Gasteiger partial charge is 0.477 e. The Morgan fingerprint density at radius 3 is 2.59 bits per heavy atom. The molecule has 10 nitrogen and oxygen atoms in total. The van der Waals surface area contributed by atoms with Crippen LogP contribution in [0.1, 0.15) is 26.7 Å². The van der Waals surface area contributed by atoms with Crippen molar-refractivity contribution in [2.24, 2.45) is 0 Å². The average Bonchev–Trinajstić information content (AvgIpc) is 2.61. The fraction of sp³-hybridized carbons (Fsp3) is 0.875. The standard InChI is InChI=1S/C16H29NO9S/c1-3-27-6-4-5-25-16(15(23)24)7-10(20)12(17-9(2)19)14(26-16)13(22)11(21)8-18/h10-14,18,20-22H,3-8H2,1-2H3,(H,17,19)(H,23,24)/t10-,11+,12+,13?,14+,16+/m0/s1. The first-order valence-electron chi connectivity index (χ1n) is 8.73. The molecule has 11 heteroatoms. The molecule has 0 aromatic carbocycles. The summed E-state index contributed by atoms with van der Waals surface area (Å²) in [5.74, 6) is -2.63. The van der Waals surface area contributed by atoms with Gasteiger partial charge >= 0.3 is 5.97 Å². The minimum Gasteiger partial charge on any atom is -0.477 e. The highest BCUT2D eigenvalue weighted by atomic mass is 32.2. The summed E-state index contributed by atoms with van der Waals surface area (Å²) in [4.78, 5) is 23.2. The first-order chi connectivity index (χ1) is 12.7. The zero-order valence-electron chi connectivity index (χ0n) is 15.4. The van der Waals surface area contributed by atoms with Crippen LogP contribution >= 0.6 is 11.8 Å². The molecule has 0 aromatic heterocycles. The number of nitrogens with one attached hydrogen (secondary N) is 1. The van der Waals surface area contributed by atoms with Crippen molar-refractivity contribution < 1.29 is 44.6 Å². The molecule has 0 bridgehead atoms. The Labute approximate surface area is 161 Å². The number of thioether (sulfide) groups is 1. The lowest BCUT2D eigenvalue weighted by molar-refractivity contribution is -0.311. The second-order valence-corrected chi connectivity index (χ2v) is 7.67. The Bertz CT molecular complexity index is 495. The third-order valence-corrected chi connectivity index (χ3v) is 5.14. The Morgan fingerprint density at radius 1 is 1.41 bits per heavy atom. The van der Waals surface area contributed by atoms with Crippen molar-refractivity contribution in [2.75, 3.05) is 24.7 Å². The van der Waals surface area contributed by atoms with Gasteiger partial charge in [-0.3, -0.25) is 4.79 Å². The Balaban J connectivity index is 3.02. The van der Waals surface area contributed by atoms with Gasteiger partial charge in [0, 0.05) is 13.3 Å². The second kappa shape index (κ2) is 11.1. The van der Waals surface area contributed by atoms with Crippen molar-refractivity contribution >= 4 is 23.6 Å². The molecule has 1 aliphatic heterocycles. The monoisotopic (exact) mass is 411 g/mol. The van der Waals surface area contributed by atoms with E-state index in [0.29, 0.717) is 6.42 Å². The number of aliphatic hydroxyl groups is 4. The molecule has 1 fully saturated rings. The lowest BCUT2D eigenvalue weighted by Crippen LogP contribution is -2.67. The summed E-state index contributed by atoms with van der Waals surface area (Å²) in [7, 11) is 0. The van der Waals surface area contributed by atoms with Crippen LogP contribution in [0.4, 0.5) is 0 Å². The number of amides is 1. The van der Waals surface area contributed by atoms with Gasteiger partial charge in [0.05, 0.1) is 25.4 Å². The molecule has 6 atom stereocenters. The molecule has 1 unspecified atom stereocenters. The smallest absolute Gasteiger partial charge is 0.364 e. The molecule has 0 radical (unpaired) electrons. The molecule has 1 aliphatic rings. The van der Waals surface area contributed by atoms with Crippen LogP contribution in [-0.4, -0.2) is 98.4 Å². The summed E-state index contributed by atoms with van der Waals surface area (Å²) in [5.41, 5.74) is 0. The van der Waals surface area contributed by atoms with Gasteiger partial charge in [0.15, 0.2) is 0 Å². The summed E-state index contributed by atoms with van der Waals surface area (Å²) in [5, 5.41) is 51.5. The molecule has 1 heterocycles. The van der Waals surface area contributed by atoms with Gasteiger partial charge in [-0.1, -0.05) is 6.92 Å². The van der Waals surface area contributed by atoms with Crippen LogP contribution in [0.2, 0.25) is 0 Å². The SMILES string of the molecule is CCSCCCO[C@]1(C(=O)O)C[C@H](O)[C@@H](NC(C)=O)[C@H](C(O)[C@H](O)CO)O1. The molecule has 6 N–H and O–H groups in total. The number of carboxylic acid groups (broad SMARTS) is 1. The number of aliphatic hydroxyl groups excluding tert-OH is 4. The highest BCUT2D eigenvalue weighted by Gasteiger charge is 2.55. The van der Waals surface area contributed by atoms with E-state index in [1.54, 1.807) is 11.8 Å². The maximum absolute atomic E-state index is 11.8. The van der Waals surface area contributed by atoms with Crippen LogP contribution in [0.25, 0.3) is 0 Å². The van der Waals surface area contributed by atoms with Crippen molar-refractivity contribution in [1.82, 2.24) is 5.32 Å². The molecule has 1 saturated heterocycles. The maximum atomic E-state index is 11.8. The number of carbonyl (C=O) groups is 2. The Morgan fingerprint density at radius 2 is 2.07 bits per heavy atom. The molecule has 1 amide bonds. The second-order valence-electron chi connectivity index (χ2n) is 6.28. The zero-order valence-corrected chi connectivity index (χ0v) is 16.2. The van der Waals surface area contributed by atoms with Crippen molar-refractivity contribution in [1.29, 1.82) is 0 Å². The van der Waals surface area contributed by atoms with Crippen molar-refractivity contribution in [3.63, 3.8) is 0 Å². The van der Waals surface area contributed by atoms with Crippen LogP contribution in [0.5, 0.6) is 0 Å². The molecular weight excluding hydrogens is 382 g/mol. The predicted octanol–water partition coefficient (Wildman–Crippen LogP) is -1.70. The van der Waals surface area contributed by atoms with Crippen molar-refractivity contribution in [3.8, 4) is 0 Å². The van der Waals surface area contributed by atoms with E-state index in [-0.39, 0.29) is 6.61 Å². The van der Waals surface area contributed by atoms with Gasteiger partial charge in [-0.25, -0.2) is 4.79 Å². The van der Waals surface area contributed by atoms with Gasteiger partial charge < -0.3 is 40.3 Å². The molecule has 27 heavy (non-hydrogen) atoms. The first kappa shape index (κ1) is 24.1. The fourth-order valence-electron chi connectivity index (χ4n) is 2.82. The predicted molar refractivity (Wildman–Crippen MR) is 96.1 cm³/mol. The molecular formula is C16H29NO9S. The number of carboxylic acids is 1.